The molecule has 1 aliphatic carbocycles. The largest absolute Gasteiger partial charge is 0.448 e. The van der Waals surface area contributed by atoms with Crippen molar-refractivity contribution in [2.45, 2.75) is 43.1 Å². The van der Waals surface area contributed by atoms with Crippen molar-refractivity contribution >= 4 is 27.1 Å². The maximum Gasteiger partial charge on any atom is 0.226 e. The monoisotopic (exact) mass is 369 g/mol. The summed E-state index contributed by atoms with van der Waals surface area (Å²) < 4.78 is 30.3. The van der Waals surface area contributed by atoms with Crippen molar-refractivity contribution in [3.63, 3.8) is 0 Å². The van der Waals surface area contributed by atoms with E-state index in [-0.39, 0.29) is 23.8 Å². The predicted molar refractivity (Wildman–Crippen MR) is 89.3 cm³/mol. The van der Waals surface area contributed by atoms with Crippen LogP contribution in [0.2, 0.25) is 0 Å². The van der Waals surface area contributed by atoms with Gasteiger partial charge in [-0.05, 0) is 12.8 Å². The lowest BCUT2D eigenvalue weighted by Crippen LogP contribution is -2.19. The van der Waals surface area contributed by atoms with Gasteiger partial charge in [0.15, 0.2) is 16.2 Å². The third kappa shape index (κ3) is 4.02. The van der Waals surface area contributed by atoms with Crippen LogP contribution in [0.1, 0.15) is 47.3 Å². The standard InChI is InChI=1S/C15H19N3O4S2/c1-16-13(19)5-14-18-11(6-23-14)7-24(20,21)8-12-15(22-9-17-12)10-3-2-4-10/h6,9-10H,2-5,7-8H2,1H3,(H,16,19). The van der Waals surface area contributed by atoms with Gasteiger partial charge in [0.2, 0.25) is 5.91 Å². The summed E-state index contributed by atoms with van der Waals surface area (Å²) in [5.41, 5.74) is 0.980. The van der Waals surface area contributed by atoms with E-state index in [1.807, 2.05) is 0 Å². The number of oxazole rings is 1. The van der Waals surface area contributed by atoms with Crippen LogP contribution in [0.3, 0.4) is 0 Å². The number of carbonyl (C=O) groups excluding carboxylic acids is 1. The number of aromatic nitrogens is 2. The van der Waals surface area contributed by atoms with E-state index in [4.69, 9.17) is 4.42 Å². The minimum absolute atomic E-state index is 0.141. The molecule has 0 bridgehead atoms. The van der Waals surface area contributed by atoms with E-state index >= 15 is 0 Å². The van der Waals surface area contributed by atoms with Crippen LogP contribution in [0.5, 0.6) is 0 Å². The van der Waals surface area contributed by atoms with Crippen molar-refractivity contribution in [1.82, 2.24) is 15.3 Å². The molecule has 1 fully saturated rings. The summed E-state index contributed by atoms with van der Waals surface area (Å²) >= 11 is 1.29. The predicted octanol–water partition coefficient (Wildman–Crippen LogP) is 1.80. The van der Waals surface area contributed by atoms with Crippen LogP contribution in [-0.2, 0) is 32.6 Å². The Hall–Kier alpha value is -1.74. The first kappa shape index (κ1) is 17.1. The zero-order chi connectivity index (χ0) is 17.2. The van der Waals surface area contributed by atoms with E-state index in [9.17, 15) is 13.2 Å². The van der Waals surface area contributed by atoms with Gasteiger partial charge in [-0.15, -0.1) is 11.3 Å². The molecule has 2 aromatic heterocycles. The summed E-state index contributed by atoms with van der Waals surface area (Å²) in [6.45, 7) is 0. The van der Waals surface area contributed by atoms with Gasteiger partial charge in [-0.3, -0.25) is 4.79 Å². The Morgan fingerprint density at radius 2 is 2.21 bits per heavy atom. The fraction of sp³-hybridized carbons (Fsp3) is 0.533. The smallest absolute Gasteiger partial charge is 0.226 e. The number of nitrogens with one attached hydrogen (secondary N) is 1. The van der Waals surface area contributed by atoms with Gasteiger partial charge in [0, 0.05) is 18.3 Å². The van der Waals surface area contributed by atoms with Gasteiger partial charge in [0.1, 0.15) is 10.8 Å². The molecule has 9 heteroatoms. The van der Waals surface area contributed by atoms with Gasteiger partial charge < -0.3 is 9.73 Å². The number of thiazole rings is 1. The molecule has 24 heavy (non-hydrogen) atoms. The zero-order valence-corrected chi connectivity index (χ0v) is 15.0. The van der Waals surface area contributed by atoms with Gasteiger partial charge in [0.05, 0.1) is 29.3 Å². The van der Waals surface area contributed by atoms with E-state index in [0.717, 1.165) is 19.3 Å². The number of amides is 1. The highest BCUT2D eigenvalue weighted by atomic mass is 32.2. The average molecular weight is 369 g/mol. The molecule has 2 heterocycles. The molecule has 0 aromatic carbocycles. The molecular formula is C15H19N3O4S2. The number of likely N-dealkylation sites (N-methyl/N-ethyl adjacent to an activating group) is 1. The summed E-state index contributed by atoms with van der Waals surface area (Å²) in [5, 5.41) is 4.81. The first-order chi connectivity index (χ1) is 11.5. The van der Waals surface area contributed by atoms with Crippen LogP contribution in [0.15, 0.2) is 16.2 Å². The molecule has 3 rings (SSSR count). The van der Waals surface area contributed by atoms with Crippen LogP contribution in [0.4, 0.5) is 0 Å². The third-order valence-electron chi connectivity index (χ3n) is 4.06. The number of rotatable bonds is 7. The Morgan fingerprint density at radius 3 is 2.88 bits per heavy atom. The molecule has 7 nitrogen and oxygen atoms in total. The second-order valence-corrected chi connectivity index (χ2v) is 8.91. The summed E-state index contributed by atoms with van der Waals surface area (Å²) in [4.78, 5) is 19.7. The topological polar surface area (TPSA) is 102 Å². The summed E-state index contributed by atoms with van der Waals surface area (Å²) in [6.07, 6.45) is 4.68. The van der Waals surface area contributed by atoms with Gasteiger partial charge in [-0.2, -0.15) is 0 Å². The molecule has 1 saturated carbocycles. The average Bonchev–Trinajstić information content (AvgIpc) is 3.06. The lowest BCUT2D eigenvalue weighted by Gasteiger charge is -2.23. The quantitative estimate of drug-likeness (QED) is 0.798. The molecule has 0 aliphatic heterocycles. The molecule has 0 spiro atoms. The summed E-state index contributed by atoms with van der Waals surface area (Å²) in [5.74, 6) is 0.567. The molecular weight excluding hydrogens is 350 g/mol. The van der Waals surface area contributed by atoms with Crippen LogP contribution in [0.25, 0.3) is 0 Å². The van der Waals surface area contributed by atoms with Crippen molar-refractivity contribution < 1.29 is 17.6 Å². The van der Waals surface area contributed by atoms with E-state index in [0.29, 0.717) is 28.1 Å². The first-order valence-electron chi connectivity index (χ1n) is 7.73. The van der Waals surface area contributed by atoms with Gasteiger partial charge in [-0.25, -0.2) is 18.4 Å². The third-order valence-corrected chi connectivity index (χ3v) is 6.41. The van der Waals surface area contributed by atoms with Gasteiger partial charge in [-0.1, -0.05) is 6.42 Å². The van der Waals surface area contributed by atoms with Crippen LogP contribution < -0.4 is 5.32 Å². The molecule has 1 amide bonds. The molecule has 1 aliphatic rings. The SMILES string of the molecule is CNC(=O)Cc1nc(CS(=O)(=O)Cc2ncoc2C2CCC2)cs1. The van der Waals surface area contributed by atoms with Crippen LogP contribution >= 0.6 is 11.3 Å². The minimum Gasteiger partial charge on any atom is -0.448 e. The molecule has 2 aromatic rings. The Kier molecular flexibility index (Phi) is 5.00. The zero-order valence-electron chi connectivity index (χ0n) is 13.3. The lowest BCUT2D eigenvalue weighted by molar-refractivity contribution is -0.119. The first-order valence-corrected chi connectivity index (χ1v) is 10.4. The highest BCUT2D eigenvalue weighted by Gasteiger charge is 2.28. The van der Waals surface area contributed by atoms with E-state index < -0.39 is 9.84 Å². The number of hydrogen-bond donors (Lipinski definition) is 1. The highest BCUT2D eigenvalue weighted by Crippen LogP contribution is 2.38. The maximum absolute atomic E-state index is 12.4. The Morgan fingerprint density at radius 1 is 1.42 bits per heavy atom. The number of carbonyl (C=O) groups is 1. The second kappa shape index (κ2) is 7.02. The van der Waals surface area contributed by atoms with E-state index in [2.05, 4.69) is 15.3 Å². The van der Waals surface area contributed by atoms with Crippen molar-refractivity contribution in [3.8, 4) is 0 Å². The normalized spacial score (nSPS) is 15.2. The minimum atomic E-state index is -3.40. The second-order valence-electron chi connectivity index (χ2n) is 5.91. The molecule has 1 N–H and O–H groups in total. The van der Waals surface area contributed by atoms with Gasteiger partial charge in [0.25, 0.3) is 0 Å². The van der Waals surface area contributed by atoms with Crippen molar-refractivity contribution in [1.29, 1.82) is 0 Å². The lowest BCUT2D eigenvalue weighted by atomic mass is 9.83. The molecule has 130 valence electrons. The van der Waals surface area contributed by atoms with E-state index in [1.54, 1.807) is 12.4 Å². The fourth-order valence-corrected chi connectivity index (χ4v) is 4.83. The highest BCUT2D eigenvalue weighted by molar-refractivity contribution is 7.89. The molecule has 0 atom stereocenters. The Bertz CT molecular complexity index is 821. The maximum atomic E-state index is 12.4. The number of hydrogen-bond acceptors (Lipinski definition) is 7. The summed E-state index contributed by atoms with van der Waals surface area (Å²) in [6, 6.07) is 0. The van der Waals surface area contributed by atoms with Gasteiger partial charge >= 0.3 is 0 Å². The van der Waals surface area contributed by atoms with Crippen molar-refractivity contribution in [2.24, 2.45) is 0 Å². The van der Waals surface area contributed by atoms with E-state index in [1.165, 1.54) is 17.7 Å². The molecule has 0 radical (unpaired) electrons. The molecule has 0 saturated heterocycles. The molecule has 0 unspecified atom stereocenters. The Balaban J connectivity index is 1.66. The number of nitrogens with zero attached hydrogens (tertiary/aromatic N) is 2. The fourth-order valence-electron chi connectivity index (χ4n) is 2.60. The summed E-state index contributed by atoms with van der Waals surface area (Å²) in [7, 11) is -1.84. The van der Waals surface area contributed by atoms with Crippen molar-refractivity contribution in [2.75, 3.05) is 7.05 Å². The van der Waals surface area contributed by atoms with Crippen LogP contribution in [0, 0.1) is 0 Å². The van der Waals surface area contributed by atoms with Crippen LogP contribution in [-0.4, -0.2) is 31.3 Å². The van der Waals surface area contributed by atoms with Crippen molar-refractivity contribution in [3.05, 3.63) is 33.9 Å². The Labute approximate surface area is 144 Å². The number of sulfone groups is 1.